The van der Waals surface area contributed by atoms with Crippen LogP contribution in [0.5, 0.6) is 5.75 Å². The van der Waals surface area contributed by atoms with Crippen LogP contribution in [0.25, 0.3) is 6.08 Å². The monoisotopic (exact) mass is 305 g/mol. The van der Waals surface area contributed by atoms with Crippen LogP contribution in [-0.2, 0) is 4.79 Å². The highest BCUT2D eigenvalue weighted by Crippen LogP contribution is 2.29. The molecule has 1 aromatic rings. The molecule has 22 heavy (non-hydrogen) atoms. The zero-order valence-corrected chi connectivity index (χ0v) is 13.4. The maximum absolute atomic E-state index is 13.6. The number of ether oxygens (including phenoxy) is 1. The second-order valence-electron chi connectivity index (χ2n) is 6.11. The third kappa shape index (κ3) is 4.09. The van der Waals surface area contributed by atoms with Crippen molar-refractivity contribution in [2.75, 3.05) is 7.11 Å². The van der Waals surface area contributed by atoms with Crippen molar-refractivity contribution < 1.29 is 13.9 Å². The summed E-state index contributed by atoms with van der Waals surface area (Å²) in [4.78, 5) is 12.0. The SMILES string of the molecule is COc1ccc(/C=C/C(=O)N[C@@H]2CCC[C@@H](C)[C@H]2C)cc1F. The lowest BCUT2D eigenvalue weighted by atomic mass is 9.78. The molecule has 3 nitrogen and oxygen atoms in total. The first-order valence-corrected chi connectivity index (χ1v) is 7.83. The van der Waals surface area contributed by atoms with Crippen molar-refractivity contribution in [3.05, 3.63) is 35.7 Å². The molecule has 1 aromatic carbocycles. The first-order valence-electron chi connectivity index (χ1n) is 7.83. The molecule has 4 heteroatoms. The summed E-state index contributed by atoms with van der Waals surface area (Å²) in [6, 6.07) is 4.86. The Labute approximate surface area is 131 Å². The van der Waals surface area contributed by atoms with Crippen molar-refractivity contribution in [1.82, 2.24) is 5.32 Å². The van der Waals surface area contributed by atoms with Gasteiger partial charge < -0.3 is 10.1 Å². The zero-order valence-electron chi connectivity index (χ0n) is 13.4. The van der Waals surface area contributed by atoms with Crippen molar-refractivity contribution in [2.24, 2.45) is 11.8 Å². The van der Waals surface area contributed by atoms with Gasteiger partial charge in [0.1, 0.15) is 0 Å². The number of hydrogen-bond acceptors (Lipinski definition) is 2. The van der Waals surface area contributed by atoms with E-state index in [0.717, 1.165) is 12.8 Å². The summed E-state index contributed by atoms with van der Waals surface area (Å²) >= 11 is 0. The summed E-state index contributed by atoms with van der Waals surface area (Å²) < 4.78 is 18.5. The maximum atomic E-state index is 13.6. The molecule has 3 atom stereocenters. The van der Waals surface area contributed by atoms with E-state index in [4.69, 9.17) is 4.74 Å². The molecule has 1 fully saturated rings. The van der Waals surface area contributed by atoms with Crippen LogP contribution in [0.3, 0.4) is 0 Å². The molecule has 0 aromatic heterocycles. The van der Waals surface area contributed by atoms with Gasteiger partial charge in [-0.1, -0.05) is 32.8 Å². The molecule has 0 radical (unpaired) electrons. The fourth-order valence-corrected chi connectivity index (χ4v) is 2.97. The van der Waals surface area contributed by atoms with Crippen molar-refractivity contribution in [3.63, 3.8) is 0 Å². The largest absolute Gasteiger partial charge is 0.494 e. The molecule has 1 aliphatic carbocycles. The summed E-state index contributed by atoms with van der Waals surface area (Å²) in [5.74, 6) is 0.775. The van der Waals surface area contributed by atoms with Gasteiger partial charge in [0, 0.05) is 12.1 Å². The third-order valence-electron chi connectivity index (χ3n) is 4.64. The van der Waals surface area contributed by atoms with Crippen molar-refractivity contribution >= 4 is 12.0 Å². The molecule has 2 rings (SSSR count). The Balaban J connectivity index is 1.95. The van der Waals surface area contributed by atoms with Crippen LogP contribution in [0.2, 0.25) is 0 Å². The summed E-state index contributed by atoms with van der Waals surface area (Å²) in [5, 5.41) is 3.06. The number of benzene rings is 1. The van der Waals surface area contributed by atoms with E-state index in [2.05, 4.69) is 19.2 Å². The van der Waals surface area contributed by atoms with Crippen LogP contribution >= 0.6 is 0 Å². The number of carbonyl (C=O) groups excluding carboxylic acids is 1. The number of methoxy groups -OCH3 is 1. The van der Waals surface area contributed by atoms with Crippen molar-refractivity contribution in [2.45, 2.75) is 39.2 Å². The minimum atomic E-state index is -0.431. The Kier molecular flexibility index (Phi) is 5.58. The second kappa shape index (κ2) is 7.43. The van der Waals surface area contributed by atoms with Gasteiger partial charge in [0.2, 0.25) is 5.91 Å². The van der Waals surface area contributed by atoms with Gasteiger partial charge in [-0.25, -0.2) is 4.39 Å². The van der Waals surface area contributed by atoms with E-state index >= 15 is 0 Å². The Morgan fingerprint density at radius 3 is 2.82 bits per heavy atom. The van der Waals surface area contributed by atoms with Crippen LogP contribution in [-0.4, -0.2) is 19.1 Å². The fraction of sp³-hybridized carbons (Fsp3) is 0.500. The van der Waals surface area contributed by atoms with E-state index in [0.29, 0.717) is 17.4 Å². The standard InChI is InChI=1S/C18H24FNO2/c1-12-5-4-6-16(13(12)2)20-18(21)10-8-14-7-9-17(22-3)15(19)11-14/h7-13,16H,4-6H2,1-3H3,(H,20,21)/b10-8+/t12-,13-,16-/m1/s1. The minimum Gasteiger partial charge on any atom is -0.494 e. The number of hydrogen-bond donors (Lipinski definition) is 1. The van der Waals surface area contributed by atoms with Gasteiger partial charge in [-0.15, -0.1) is 0 Å². The topological polar surface area (TPSA) is 38.3 Å². The van der Waals surface area contributed by atoms with Gasteiger partial charge in [-0.05, 0) is 42.0 Å². The summed E-state index contributed by atoms with van der Waals surface area (Å²) in [6.45, 7) is 4.43. The summed E-state index contributed by atoms with van der Waals surface area (Å²) in [7, 11) is 1.42. The number of rotatable bonds is 4. The van der Waals surface area contributed by atoms with Gasteiger partial charge in [0.05, 0.1) is 7.11 Å². The molecule has 0 spiro atoms. The van der Waals surface area contributed by atoms with E-state index < -0.39 is 5.82 Å². The molecular weight excluding hydrogens is 281 g/mol. The quantitative estimate of drug-likeness (QED) is 0.860. The second-order valence-corrected chi connectivity index (χ2v) is 6.11. The van der Waals surface area contributed by atoms with Crippen LogP contribution in [0.1, 0.15) is 38.7 Å². The van der Waals surface area contributed by atoms with Gasteiger partial charge in [0.25, 0.3) is 0 Å². The number of amides is 1. The van der Waals surface area contributed by atoms with Crippen molar-refractivity contribution in [1.29, 1.82) is 0 Å². The van der Waals surface area contributed by atoms with Crippen molar-refractivity contribution in [3.8, 4) is 5.75 Å². The molecule has 120 valence electrons. The first kappa shape index (κ1) is 16.5. The van der Waals surface area contributed by atoms with Crippen LogP contribution < -0.4 is 10.1 Å². The number of halogens is 1. The highest BCUT2D eigenvalue weighted by molar-refractivity contribution is 5.91. The van der Waals surface area contributed by atoms with Gasteiger partial charge in [0.15, 0.2) is 11.6 Å². The molecule has 0 heterocycles. The molecule has 1 saturated carbocycles. The van der Waals surface area contributed by atoms with E-state index in [-0.39, 0.29) is 17.7 Å². The summed E-state index contributed by atoms with van der Waals surface area (Å²) in [6.07, 6.45) is 6.50. The Morgan fingerprint density at radius 2 is 2.14 bits per heavy atom. The van der Waals surface area contributed by atoms with Crippen LogP contribution in [0.4, 0.5) is 4.39 Å². The lowest BCUT2D eigenvalue weighted by Gasteiger charge is -2.34. The lowest BCUT2D eigenvalue weighted by molar-refractivity contribution is -0.117. The highest BCUT2D eigenvalue weighted by atomic mass is 19.1. The predicted octanol–water partition coefficient (Wildman–Crippen LogP) is 3.79. The smallest absolute Gasteiger partial charge is 0.244 e. The van der Waals surface area contributed by atoms with Crippen LogP contribution in [0, 0.1) is 17.7 Å². The van der Waals surface area contributed by atoms with E-state index in [1.165, 1.54) is 25.7 Å². The third-order valence-corrected chi connectivity index (χ3v) is 4.64. The predicted molar refractivity (Wildman–Crippen MR) is 86.1 cm³/mol. The molecular formula is C18H24FNO2. The average molecular weight is 305 g/mol. The molecule has 0 unspecified atom stereocenters. The van der Waals surface area contributed by atoms with E-state index in [1.54, 1.807) is 18.2 Å². The average Bonchev–Trinajstić information content (AvgIpc) is 2.50. The Morgan fingerprint density at radius 1 is 1.36 bits per heavy atom. The van der Waals surface area contributed by atoms with E-state index in [9.17, 15) is 9.18 Å². The minimum absolute atomic E-state index is 0.123. The lowest BCUT2D eigenvalue weighted by Crippen LogP contribution is -2.43. The van der Waals surface area contributed by atoms with Gasteiger partial charge >= 0.3 is 0 Å². The van der Waals surface area contributed by atoms with E-state index in [1.807, 2.05) is 0 Å². The molecule has 0 saturated heterocycles. The maximum Gasteiger partial charge on any atom is 0.244 e. The van der Waals surface area contributed by atoms with Crippen LogP contribution in [0.15, 0.2) is 24.3 Å². The fourth-order valence-electron chi connectivity index (χ4n) is 2.97. The molecule has 1 amide bonds. The molecule has 1 N–H and O–H groups in total. The summed E-state index contributed by atoms with van der Waals surface area (Å²) in [5.41, 5.74) is 0.638. The first-order chi connectivity index (χ1) is 10.5. The number of nitrogens with one attached hydrogen (secondary N) is 1. The van der Waals surface area contributed by atoms with Gasteiger partial charge in [-0.2, -0.15) is 0 Å². The van der Waals surface area contributed by atoms with Gasteiger partial charge in [-0.3, -0.25) is 4.79 Å². The Hall–Kier alpha value is -1.84. The number of carbonyl (C=O) groups is 1. The molecule has 0 bridgehead atoms. The normalized spacial score (nSPS) is 25.2. The molecule has 1 aliphatic rings. The highest BCUT2D eigenvalue weighted by Gasteiger charge is 2.27. The zero-order chi connectivity index (χ0) is 16.1. The Bertz CT molecular complexity index is 556. The molecule has 0 aliphatic heterocycles.